The molecule has 0 spiro atoms. The molecule has 7 heteroatoms. The molecule has 0 unspecified atom stereocenters. The quantitative estimate of drug-likeness (QED) is 0.274. The summed E-state index contributed by atoms with van der Waals surface area (Å²) in [4.78, 5) is 10.0. The first-order valence-corrected chi connectivity index (χ1v) is 5.39. The number of oxime groups is 1. The van der Waals surface area contributed by atoms with Crippen LogP contribution in [0.3, 0.4) is 0 Å². The van der Waals surface area contributed by atoms with Crippen molar-refractivity contribution in [3.05, 3.63) is 18.1 Å². The smallest absolute Gasteiger partial charge is 0.192 e. The molecule has 0 aliphatic carbocycles. The standard InChI is InChI=1S/C10H17N5O2/c1-2-5-15(6-7-16)10-8(9(11)14-17)12-3-4-13-10/h3-4,16-17H,2,5-7H2,1H3,(H2,11,14). The number of aliphatic hydroxyl groups excluding tert-OH is 1. The Kier molecular flexibility index (Phi) is 5.15. The van der Waals surface area contributed by atoms with E-state index in [-0.39, 0.29) is 12.4 Å². The van der Waals surface area contributed by atoms with Gasteiger partial charge >= 0.3 is 0 Å². The average Bonchev–Trinajstić information content (AvgIpc) is 2.37. The lowest BCUT2D eigenvalue weighted by Gasteiger charge is -2.23. The van der Waals surface area contributed by atoms with Crippen molar-refractivity contribution >= 4 is 11.7 Å². The van der Waals surface area contributed by atoms with Crippen LogP contribution >= 0.6 is 0 Å². The van der Waals surface area contributed by atoms with Gasteiger partial charge in [-0.25, -0.2) is 9.97 Å². The summed E-state index contributed by atoms with van der Waals surface area (Å²) in [6.07, 6.45) is 3.90. The molecular formula is C10H17N5O2. The van der Waals surface area contributed by atoms with Crippen molar-refractivity contribution in [2.24, 2.45) is 10.9 Å². The number of hydrogen-bond acceptors (Lipinski definition) is 6. The fourth-order valence-corrected chi connectivity index (χ4v) is 1.50. The van der Waals surface area contributed by atoms with Gasteiger partial charge < -0.3 is 20.9 Å². The number of aromatic nitrogens is 2. The SMILES string of the molecule is CCCN(CCO)c1nccnc1C(N)=NO. The molecule has 1 rings (SSSR count). The van der Waals surface area contributed by atoms with Crippen molar-refractivity contribution in [1.29, 1.82) is 0 Å². The molecule has 0 fully saturated rings. The molecule has 94 valence electrons. The van der Waals surface area contributed by atoms with E-state index in [2.05, 4.69) is 15.1 Å². The summed E-state index contributed by atoms with van der Waals surface area (Å²) >= 11 is 0. The van der Waals surface area contributed by atoms with Crippen molar-refractivity contribution in [2.45, 2.75) is 13.3 Å². The summed E-state index contributed by atoms with van der Waals surface area (Å²) in [7, 11) is 0. The van der Waals surface area contributed by atoms with E-state index in [0.717, 1.165) is 6.42 Å². The zero-order valence-electron chi connectivity index (χ0n) is 9.74. The second-order valence-electron chi connectivity index (χ2n) is 3.42. The van der Waals surface area contributed by atoms with Gasteiger partial charge in [-0.05, 0) is 6.42 Å². The van der Waals surface area contributed by atoms with Gasteiger partial charge in [0.15, 0.2) is 17.3 Å². The number of amidine groups is 1. The Morgan fingerprint density at radius 1 is 1.41 bits per heavy atom. The topological polar surface area (TPSA) is 108 Å². The molecule has 0 aromatic carbocycles. The zero-order valence-corrected chi connectivity index (χ0v) is 9.74. The van der Waals surface area contributed by atoms with Gasteiger partial charge in [0.05, 0.1) is 6.61 Å². The van der Waals surface area contributed by atoms with Crippen molar-refractivity contribution in [3.63, 3.8) is 0 Å². The Labute approximate surface area is 99.6 Å². The first-order chi connectivity index (χ1) is 8.24. The number of rotatable bonds is 6. The minimum atomic E-state index is -0.0906. The summed E-state index contributed by atoms with van der Waals surface area (Å²) in [6.45, 7) is 3.17. The van der Waals surface area contributed by atoms with E-state index in [1.54, 1.807) is 0 Å². The second kappa shape index (κ2) is 6.64. The molecule has 0 saturated heterocycles. The molecule has 1 heterocycles. The predicted octanol–water partition coefficient (Wildman–Crippen LogP) is -0.220. The first-order valence-electron chi connectivity index (χ1n) is 5.39. The molecule has 4 N–H and O–H groups in total. The Hall–Kier alpha value is -1.89. The minimum absolute atomic E-state index is 0.00614. The highest BCUT2D eigenvalue weighted by Crippen LogP contribution is 2.14. The van der Waals surface area contributed by atoms with Crippen LogP contribution in [0.1, 0.15) is 19.0 Å². The third-order valence-corrected chi connectivity index (χ3v) is 2.19. The summed E-state index contributed by atoms with van der Waals surface area (Å²) in [5, 5.41) is 20.6. The van der Waals surface area contributed by atoms with Crippen molar-refractivity contribution in [2.75, 3.05) is 24.6 Å². The minimum Gasteiger partial charge on any atom is -0.409 e. The normalized spacial score (nSPS) is 11.5. The van der Waals surface area contributed by atoms with Crippen LogP contribution in [0.4, 0.5) is 5.82 Å². The molecule has 1 aromatic heterocycles. The van der Waals surface area contributed by atoms with Crippen LogP contribution in [-0.4, -0.2) is 45.8 Å². The predicted molar refractivity (Wildman–Crippen MR) is 64.1 cm³/mol. The second-order valence-corrected chi connectivity index (χ2v) is 3.42. The fraction of sp³-hybridized carbons (Fsp3) is 0.500. The molecule has 0 aliphatic heterocycles. The van der Waals surface area contributed by atoms with Crippen LogP contribution in [0.2, 0.25) is 0 Å². The average molecular weight is 239 g/mol. The van der Waals surface area contributed by atoms with Gasteiger partial charge in [-0.15, -0.1) is 0 Å². The summed E-state index contributed by atoms with van der Waals surface area (Å²) in [6, 6.07) is 0. The van der Waals surface area contributed by atoms with Gasteiger partial charge in [-0.2, -0.15) is 0 Å². The molecule has 7 nitrogen and oxygen atoms in total. The van der Waals surface area contributed by atoms with Crippen molar-refractivity contribution < 1.29 is 10.3 Å². The maximum Gasteiger partial charge on any atom is 0.192 e. The number of anilines is 1. The van der Waals surface area contributed by atoms with Gasteiger partial charge in [-0.3, -0.25) is 0 Å². The highest BCUT2D eigenvalue weighted by molar-refractivity contribution is 5.99. The molecular weight excluding hydrogens is 222 g/mol. The number of hydrogen-bond donors (Lipinski definition) is 3. The molecule has 0 bridgehead atoms. The fourth-order valence-electron chi connectivity index (χ4n) is 1.50. The van der Waals surface area contributed by atoms with Gasteiger partial charge in [0.1, 0.15) is 0 Å². The van der Waals surface area contributed by atoms with Crippen LogP contribution < -0.4 is 10.6 Å². The summed E-state index contributed by atoms with van der Waals surface area (Å²) in [5.41, 5.74) is 5.85. The van der Waals surface area contributed by atoms with E-state index in [4.69, 9.17) is 16.0 Å². The largest absolute Gasteiger partial charge is 0.409 e. The number of aliphatic hydroxyl groups is 1. The van der Waals surface area contributed by atoms with E-state index < -0.39 is 0 Å². The van der Waals surface area contributed by atoms with Gasteiger partial charge in [0, 0.05) is 25.5 Å². The van der Waals surface area contributed by atoms with Crippen LogP contribution in [0.25, 0.3) is 0 Å². The third kappa shape index (κ3) is 3.28. The summed E-state index contributed by atoms with van der Waals surface area (Å²) < 4.78 is 0. The Balaban J connectivity index is 3.08. The number of nitrogens with zero attached hydrogens (tertiary/aromatic N) is 4. The first kappa shape index (κ1) is 13.2. The van der Waals surface area contributed by atoms with Crippen LogP contribution in [0.15, 0.2) is 17.5 Å². The zero-order chi connectivity index (χ0) is 12.7. The van der Waals surface area contributed by atoms with Gasteiger partial charge in [0.25, 0.3) is 0 Å². The molecule has 1 aromatic rings. The van der Waals surface area contributed by atoms with Crippen LogP contribution in [-0.2, 0) is 0 Å². The van der Waals surface area contributed by atoms with E-state index in [9.17, 15) is 0 Å². The Morgan fingerprint density at radius 2 is 2.12 bits per heavy atom. The highest BCUT2D eigenvalue weighted by atomic mass is 16.4. The van der Waals surface area contributed by atoms with Gasteiger partial charge in [-0.1, -0.05) is 12.1 Å². The molecule has 17 heavy (non-hydrogen) atoms. The molecule has 0 amide bonds. The number of nitrogens with two attached hydrogens (primary N) is 1. The summed E-state index contributed by atoms with van der Waals surface area (Å²) in [5.74, 6) is 0.422. The monoisotopic (exact) mass is 239 g/mol. The van der Waals surface area contributed by atoms with Crippen molar-refractivity contribution in [3.8, 4) is 0 Å². The van der Waals surface area contributed by atoms with Crippen LogP contribution in [0, 0.1) is 0 Å². The molecule has 0 aliphatic rings. The van der Waals surface area contributed by atoms with Crippen LogP contribution in [0.5, 0.6) is 0 Å². The van der Waals surface area contributed by atoms with E-state index >= 15 is 0 Å². The highest BCUT2D eigenvalue weighted by Gasteiger charge is 2.15. The molecule has 0 saturated carbocycles. The Bertz CT molecular complexity index is 377. The third-order valence-electron chi connectivity index (χ3n) is 2.19. The lowest BCUT2D eigenvalue weighted by atomic mass is 10.3. The van der Waals surface area contributed by atoms with Gasteiger partial charge in [0.2, 0.25) is 0 Å². The lowest BCUT2D eigenvalue weighted by Crippen LogP contribution is -2.31. The van der Waals surface area contributed by atoms with E-state index in [0.29, 0.717) is 24.6 Å². The maximum absolute atomic E-state index is 9.01. The van der Waals surface area contributed by atoms with Crippen molar-refractivity contribution in [1.82, 2.24) is 9.97 Å². The molecule has 0 radical (unpaired) electrons. The van der Waals surface area contributed by atoms with E-state index in [1.165, 1.54) is 12.4 Å². The molecule has 0 atom stereocenters. The lowest BCUT2D eigenvalue weighted by molar-refractivity contribution is 0.301. The maximum atomic E-state index is 9.01. The van der Waals surface area contributed by atoms with E-state index in [1.807, 2.05) is 11.8 Å². The Morgan fingerprint density at radius 3 is 2.71 bits per heavy atom.